The van der Waals surface area contributed by atoms with E-state index in [1.54, 1.807) is 0 Å². The van der Waals surface area contributed by atoms with Gasteiger partial charge in [0.1, 0.15) is 0 Å². The van der Waals surface area contributed by atoms with Gasteiger partial charge in [-0.3, -0.25) is 4.79 Å². The van der Waals surface area contributed by atoms with Crippen molar-refractivity contribution in [3.63, 3.8) is 0 Å². The lowest BCUT2D eigenvalue weighted by atomic mass is 10.0. The van der Waals surface area contributed by atoms with Crippen LogP contribution in [0.15, 0.2) is 42.5 Å². The Kier molecular flexibility index (Phi) is 8.05. The van der Waals surface area contributed by atoms with Gasteiger partial charge in [-0.05, 0) is 23.3 Å². The molecular weight excluding hydrogens is 308 g/mol. The van der Waals surface area contributed by atoms with E-state index in [1.807, 2.05) is 36.4 Å². The van der Waals surface area contributed by atoms with Crippen LogP contribution < -0.4 is 0 Å². The number of rotatable bonds is 10. The molecular formula is C23H28O2. The van der Waals surface area contributed by atoms with Gasteiger partial charge in [-0.25, -0.2) is 0 Å². The van der Waals surface area contributed by atoms with Crippen LogP contribution in [0.5, 0.6) is 0 Å². The second-order valence-electron chi connectivity index (χ2n) is 6.51. The maximum Gasteiger partial charge on any atom is 0.307 e. The summed E-state index contributed by atoms with van der Waals surface area (Å²) in [5.41, 5.74) is 0.856. The van der Waals surface area contributed by atoms with E-state index in [-0.39, 0.29) is 5.97 Å². The number of terminal acetylenes is 1. The van der Waals surface area contributed by atoms with Crippen LogP contribution in [-0.2, 0) is 9.53 Å². The Hall–Kier alpha value is -2.27. The highest BCUT2D eigenvalue weighted by atomic mass is 16.5. The zero-order chi connectivity index (χ0) is 17.9. The Morgan fingerprint density at radius 3 is 2.40 bits per heavy atom. The smallest absolute Gasteiger partial charge is 0.307 e. The summed E-state index contributed by atoms with van der Waals surface area (Å²) < 4.78 is 5.50. The first-order valence-corrected chi connectivity index (χ1v) is 9.39. The van der Waals surface area contributed by atoms with Crippen LogP contribution in [0, 0.1) is 12.3 Å². The molecule has 25 heavy (non-hydrogen) atoms. The van der Waals surface area contributed by atoms with Crippen LogP contribution in [0.2, 0.25) is 0 Å². The first kappa shape index (κ1) is 19.1. The van der Waals surface area contributed by atoms with Crippen molar-refractivity contribution < 1.29 is 9.53 Å². The number of hydrogen-bond acceptors (Lipinski definition) is 2. The van der Waals surface area contributed by atoms with Crippen LogP contribution >= 0.6 is 0 Å². The molecule has 0 spiro atoms. The molecule has 2 rings (SSSR count). The van der Waals surface area contributed by atoms with E-state index in [4.69, 9.17) is 11.2 Å². The van der Waals surface area contributed by atoms with E-state index in [1.165, 1.54) is 32.1 Å². The number of ether oxygens (including phenoxy) is 1. The third kappa shape index (κ3) is 6.27. The van der Waals surface area contributed by atoms with Crippen molar-refractivity contribution in [1.82, 2.24) is 0 Å². The van der Waals surface area contributed by atoms with Crippen molar-refractivity contribution in [2.24, 2.45) is 0 Å². The standard InChI is InChI=1S/C23H28O2/c1-3-5-6-7-8-9-10-15-23(24)25-22(4-2)21-17-16-19-13-11-12-14-20(19)18-21/h2,11-14,16-18,22H,3,5-10,15H2,1H3. The predicted molar refractivity (Wildman–Crippen MR) is 104 cm³/mol. The van der Waals surface area contributed by atoms with E-state index in [9.17, 15) is 4.79 Å². The van der Waals surface area contributed by atoms with Gasteiger partial charge < -0.3 is 4.74 Å². The van der Waals surface area contributed by atoms with E-state index in [2.05, 4.69) is 18.9 Å². The Bertz CT molecular complexity index is 711. The molecule has 1 atom stereocenters. The van der Waals surface area contributed by atoms with Crippen LogP contribution in [-0.4, -0.2) is 5.97 Å². The summed E-state index contributed by atoms with van der Waals surface area (Å²) in [6.45, 7) is 2.22. The fourth-order valence-electron chi connectivity index (χ4n) is 2.99. The molecule has 0 aromatic heterocycles. The molecule has 0 saturated carbocycles. The molecule has 0 bridgehead atoms. The average molecular weight is 336 g/mol. The topological polar surface area (TPSA) is 26.3 Å². The molecule has 2 aromatic rings. The lowest BCUT2D eigenvalue weighted by Gasteiger charge is -2.13. The van der Waals surface area contributed by atoms with Gasteiger partial charge in [0.2, 0.25) is 0 Å². The van der Waals surface area contributed by atoms with Crippen LogP contribution in [0.4, 0.5) is 0 Å². The zero-order valence-electron chi connectivity index (χ0n) is 15.2. The molecule has 0 saturated heterocycles. The van der Waals surface area contributed by atoms with Gasteiger partial charge >= 0.3 is 5.97 Å². The van der Waals surface area contributed by atoms with Crippen molar-refractivity contribution in [3.8, 4) is 12.3 Å². The van der Waals surface area contributed by atoms with Crippen LogP contribution in [0.1, 0.15) is 70.0 Å². The van der Waals surface area contributed by atoms with Crippen LogP contribution in [0.25, 0.3) is 10.8 Å². The number of benzene rings is 2. The minimum atomic E-state index is -0.610. The summed E-state index contributed by atoms with van der Waals surface area (Å²) in [6.07, 6.45) is 13.7. The Balaban J connectivity index is 1.80. The molecule has 1 unspecified atom stereocenters. The second kappa shape index (κ2) is 10.6. The van der Waals surface area contributed by atoms with Crippen molar-refractivity contribution >= 4 is 16.7 Å². The fourth-order valence-corrected chi connectivity index (χ4v) is 2.99. The van der Waals surface area contributed by atoms with Gasteiger partial charge in [-0.1, -0.05) is 87.8 Å². The zero-order valence-corrected chi connectivity index (χ0v) is 15.2. The van der Waals surface area contributed by atoms with Crippen LogP contribution in [0.3, 0.4) is 0 Å². The lowest BCUT2D eigenvalue weighted by molar-refractivity contribution is -0.146. The number of carbonyl (C=O) groups excluding carboxylic acids is 1. The Morgan fingerprint density at radius 2 is 1.68 bits per heavy atom. The normalized spacial score (nSPS) is 11.8. The minimum absolute atomic E-state index is 0.204. The van der Waals surface area contributed by atoms with E-state index >= 15 is 0 Å². The molecule has 132 valence electrons. The molecule has 2 aromatic carbocycles. The third-order valence-corrected chi connectivity index (χ3v) is 4.46. The molecule has 0 aliphatic heterocycles. The second-order valence-corrected chi connectivity index (χ2v) is 6.51. The van der Waals surface area contributed by atoms with Crippen molar-refractivity contribution in [2.75, 3.05) is 0 Å². The first-order valence-electron chi connectivity index (χ1n) is 9.39. The molecule has 0 aliphatic carbocycles. The highest BCUT2D eigenvalue weighted by molar-refractivity contribution is 5.83. The van der Waals surface area contributed by atoms with Gasteiger partial charge in [-0.15, -0.1) is 6.42 Å². The average Bonchev–Trinajstić information content (AvgIpc) is 2.65. The quantitative estimate of drug-likeness (QED) is 0.293. The Labute approximate surface area is 151 Å². The maximum absolute atomic E-state index is 12.1. The maximum atomic E-state index is 12.1. The SMILES string of the molecule is C#CC(OC(=O)CCCCCCCCC)c1ccc2ccccc2c1. The summed E-state index contributed by atoms with van der Waals surface area (Å²) in [5.74, 6) is 2.39. The number of esters is 1. The number of hydrogen-bond donors (Lipinski definition) is 0. The molecule has 0 radical (unpaired) electrons. The number of fused-ring (bicyclic) bond motifs is 1. The highest BCUT2D eigenvalue weighted by Gasteiger charge is 2.14. The largest absolute Gasteiger partial charge is 0.444 e. The predicted octanol–water partition coefficient (Wildman–Crippen LogP) is 6.20. The Morgan fingerprint density at radius 1 is 1.00 bits per heavy atom. The van der Waals surface area contributed by atoms with Gasteiger partial charge in [0.25, 0.3) is 0 Å². The van der Waals surface area contributed by atoms with Gasteiger partial charge in [-0.2, -0.15) is 0 Å². The van der Waals surface area contributed by atoms with E-state index in [0.717, 1.165) is 29.2 Å². The minimum Gasteiger partial charge on any atom is -0.444 e. The first-order chi connectivity index (χ1) is 12.2. The molecule has 0 N–H and O–H groups in total. The molecule has 0 heterocycles. The van der Waals surface area contributed by atoms with Gasteiger partial charge in [0, 0.05) is 12.0 Å². The van der Waals surface area contributed by atoms with E-state index < -0.39 is 6.10 Å². The number of unbranched alkanes of at least 4 members (excludes halogenated alkanes) is 6. The summed E-state index contributed by atoms with van der Waals surface area (Å²) in [7, 11) is 0. The fraction of sp³-hybridized carbons (Fsp3) is 0.435. The van der Waals surface area contributed by atoms with Crippen molar-refractivity contribution in [2.45, 2.75) is 64.4 Å². The van der Waals surface area contributed by atoms with Gasteiger partial charge in [0.05, 0.1) is 0 Å². The molecule has 0 fully saturated rings. The summed E-state index contributed by atoms with van der Waals surface area (Å²) in [5, 5.41) is 2.25. The lowest BCUT2D eigenvalue weighted by Crippen LogP contribution is -2.10. The van der Waals surface area contributed by atoms with Gasteiger partial charge in [0.15, 0.2) is 6.10 Å². The molecule has 2 heteroatoms. The molecule has 0 aliphatic rings. The molecule has 0 amide bonds. The number of carbonyl (C=O) groups is 1. The molecule has 2 nitrogen and oxygen atoms in total. The van der Waals surface area contributed by atoms with Crippen molar-refractivity contribution in [3.05, 3.63) is 48.0 Å². The summed E-state index contributed by atoms with van der Waals surface area (Å²) in [6, 6.07) is 14.0. The van der Waals surface area contributed by atoms with Crippen molar-refractivity contribution in [1.29, 1.82) is 0 Å². The van der Waals surface area contributed by atoms with E-state index in [0.29, 0.717) is 6.42 Å². The third-order valence-electron chi connectivity index (χ3n) is 4.46. The highest BCUT2D eigenvalue weighted by Crippen LogP contribution is 2.23. The monoisotopic (exact) mass is 336 g/mol. The summed E-state index contributed by atoms with van der Waals surface area (Å²) in [4.78, 5) is 12.1. The summed E-state index contributed by atoms with van der Waals surface area (Å²) >= 11 is 0.